The Hall–Kier alpha value is -1.33. The summed E-state index contributed by atoms with van der Waals surface area (Å²) in [5.74, 6) is 0.948. The molecule has 4 nitrogen and oxygen atoms in total. The van der Waals surface area contributed by atoms with Gasteiger partial charge in [0, 0.05) is 17.7 Å². The van der Waals surface area contributed by atoms with E-state index in [0.717, 1.165) is 16.7 Å². The highest BCUT2D eigenvalue weighted by Gasteiger charge is 2.11. The fraction of sp³-hybridized carbons (Fsp3) is 0.385. The molecular weight excluding hydrogens is 250 g/mol. The first-order valence-corrected chi connectivity index (χ1v) is 7.89. The van der Waals surface area contributed by atoms with E-state index >= 15 is 0 Å². The number of sulfone groups is 1. The van der Waals surface area contributed by atoms with Crippen molar-refractivity contribution >= 4 is 20.8 Å². The number of para-hydroxylation sites is 1. The maximum Gasteiger partial charge on any atom is 0.148 e. The van der Waals surface area contributed by atoms with Crippen molar-refractivity contribution in [3.8, 4) is 0 Å². The number of hydrogen-bond acceptors (Lipinski definition) is 4. The molecule has 2 rings (SSSR count). The Labute approximate surface area is 107 Å². The number of benzene rings is 1. The minimum atomic E-state index is -2.95. The summed E-state index contributed by atoms with van der Waals surface area (Å²) in [5, 5.41) is 4.20. The number of furan rings is 1. The average molecular weight is 267 g/mol. The number of fused-ring (bicyclic) bond motifs is 1. The van der Waals surface area contributed by atoms with E-state index < -0.39 is 9.84 Å². The molecule has 0 saturated carbocycles. The Balaban J connectivity index is 1.98. The molecular formula is C13H17NO3S. The monoisotopic (exact) mass is 267 g/mol. The van der Waals surface area contributed by atoms with E-state index in [1.165, 1.54) is 6.26 Å². The fourth-order valence-corrected chi connectivity index (χ4v) is 2.94. The van der Waals surface area contributed by atoms with Gasteiger partial charge in [-0.1, -0.05) is 18.2 Å². The highest BCUT2D eigenvalue weighted by atomic mass is 32.2. The van der Waals surface area contributed by atoms with Crippen LogP contribution < -0.4 is 5.32 Å². The van der Waals surface area contributed by atoms with Gasteiger partial charge in [-0.05, 0) is 19.1 Å². The van der Waals surface area contributed by atoms with Gasteiger partial charge in [-0.15, -0.1) is 0 Å². The Morgan fingerprint density at radius 2 is 2.06 bits per heavy atom. The summed E-state index contributed by atoms with van der Waals surface area (Å²) in [6.45, 7) is 2.38. The van der Waals surface area contributed by atoms with Gasteiger partial charge in [0.15, 0.2) is 0 Å². The summed E-state index contributed by atoms with van der Waals surface area (Å²) >= 11 is 0. The van der Waals surface area contributed by atoms with Gasteiger partial charge in [0.1, 0.15) is 21.2 Å². The molecule has 1 aromatic carbocycles. The molecule has 1 unspecified atom stereocenters. The van der Waals surface area contributed by atoms with Gasteiger partial charge in [-0.25, -0.2) is 8.42 Å². The third kappa shape index (κ3) is 3.58. The van der Waals surface area contributed by atoms with Crippen LogP contribution in [0.5, 0.6) is 0 Å². The lowest BCUT2D eigenvalue weighted by Gasteiger charge is -2.10. The van der Waals surface area contributed by atoms with Gasteiger partial charge in [-0.2, -0.15) is 0 Å². The first kappa shape index (κ1) is 13.1. The molecule has 0 amide bonds. The average Bonchev–Trinajstić information content (AvgIpc) is 2.66. The Bertz CT molecular complexity index is 597. The largest absolute Gasteiger partial charge is 0.460 e. The van der Waals surface area contributed by atoms with Crippen LogP contribution in [0.1, 0.15) is 12.7 Å². The molecule has 1 heterocycles. The first-order chi connectivity index (χ1) is 8.44. The normalized spacial score (nSPS) is 13.9. The summed E-state index contributed by atoms with van der Waals surface area (Å²) in [6.07, 6.45) is 1.24. The summed E-state index contributed by atoms with van der Waals surface area (Å²) < 4.78 is 27.9. The van der Waals surface area contributed by atoms with Gasteiger partial charge >= 0.3 is 0 Å². The Kier molecular flexibility index (Phi) is 3.73. The zero-order chi connectivity index (χ0) is 13.2. The van der Waals surface area contributed by atoms with Crippen LogP contribution in [0, 0.1) is 0 Å². The highest BCUT2D eigenvalue weighted by Crippen LogP contribution is 2.18. The highest BCUT2D eigenvalue weighted by molar-refractivity contribution is 7.90. The van der Waals surface area contributed by atoms with E-state index in [1.807, 2.05) is 37.3 Å². The van der Waals surface area contributed by atoms with Crippen molar-refractivity contribution in [3.05, 3.63) is 36.1 Å². The van der Waals surface area contributed by atoms with Crippen LogP contribution in [0.3, 0.4) is 0 Å². The van der Waals surface area contributed by atoms with Crippen molar-refractivity contribution in [2.45, 2.75) is 19.5 Å². The van der Waals surface area contributed by atoms with E-state index in [9.17, 15) is 8.42 Å². The number of rotatable bonds is 5. The molecule has 98 valence electrons. The minimum Gasteiger partial charge on any atom is -0.460 e. The van der Waals surface area contributed by atoms with Crippen LogP contribution in [0.4, 0.5) is 0 Å². The van der Waals surface area contributed by atoms with Crippen molar-refractivity contribution in [3.63, 3.8) is 0 Å². The lowest BCUT2D eigenvalue weighted by atomic mass is 10.2. The quantitative estimate of drug-likeness (QED) is 0.899. The van der Waals surface area contributed by atoms with Gasteiger partial charge < -0.3 is 9.73 Å². The lowest BCUT2D eigenvalue weighted by Crippen LogP contribution is -2.32. The van der Waals surface area contributed by atoms with Crippen molar-refractivity contribution < 1.29 is 12.8 Å². The van der Waals surface area contributed by atoms with Crippen LogP contribution in [0.15, 0.2) is 34.7 Å². The maximum absolute atomic E-state index is 11.1. The Morgan fingerprint density at radius 1 is 1.33 bits per heavy atom. The zero-order valence-corrected chi connectivity index (χ0v) is 11.3. The number of hydrogen-bond donors (Lipinski definition) is 1. The summed E-state index contributed by atoms with van der Waals surface area (Å²) in [6, 6.07) is 9.67. The van der Waals surface area contributed by atoms with Gasteiger partial charge in [0.2, 0.25) is 0 Å². The summed E-state index contributed by atoms with van der Waals surface area (Å²) in [4.78, 5) is 0. The second-order valence-electron chi connectivity index (χ2n) is 4.62. The molecule has 0 bridgehead atoms. The third-order valence-electron chi connectivity index (χ3n) is 2.65. The van der Waals surface area contributed by atoms with Crippen LogP contribution in [0.2, 0.25) is 0 Å². The molecule has 5 heteroatoms. The summed E-state index contributed by atoms with van der Waals surface area (Å²) in [5.41, 5.74) is 0.852. The summed E-state index contributed by atoms with van der Waals surface area (Å²) in [7, 11) is -2.95. The molecule has 0 saturated heterocycles. The molecule has 0 fully saturated rings. The molecule has 1 N–H and O–H groups in total. The van der Waals surface area contributed by atoms with Gasteiger partial charge in [0.05, 0.1) is 12.3 Å². The molecule has 0 radical (unpaired) electrons. The van der Waals surface area contributed by atoms with Gasteiger partial charge in [0.25, 0.3) is 0 Å². The van der Waals surface area contributed by atoms with Crippen molar-refractivity contribution in [2.24, 2.45) is 0 Å². The fourth-order valence-electron chi connectivity index (χ4n) is 1.91. The second kappa shape index (κ2) is 5.12. The first-order valence-electron chi connectivity index (χ1n) is 5.82. The standard InChI is InChI=1S/C13H17NO3S/c1-10(9-18(2,15)16)14-8-12-7-11-5-3-4-6-13(11)17-12/h3-7,10,14H,8-9H2,1-2H3. The molecule has 0 aliphatic carbocycles. The van der Waals surface area contributed by atoms with E-state index in [4.69, 9.17) is 4.42 Å². The van der Waals surface area contributed by atoms with E-state index in [1.54, 1.807) is 0 Å². The molecule has 2 aromatic rings. The topological polar surface area (TPSA) is 59.3 Å². The molecule has 1 aromatic heterocycles. The second-order valence-corrected chi connectivity index (χ2v) is 6.81. The molecule has 0 aliphatic rings. The minimum absolute atomic E-state index is 0.0896. The smallest absolute Gasteiger partial charge is 0.148 e. The molecule has 0 aliphatic heterocycles. The van der Waals surface area contributed by atoms with Gasteiger partial charge in [-0.3, -0.25) is 0 Å². The van der Waals surface area contributed by atoms with Crippen molar-refractivity contribution in [1.82, 2.24) is 5.32 Å². The van der Waals surface area contributed by atoms with E-state index in [2.05, 4.69) is 5.32 Å². The lowest BCUT2D eigenvalue weighted by molar-refractivity contribution is 0.486. The SMILES string of the molecule is CC(CS(C)(=O)=O)NCc1cc2ccccc2o1. The maximum atomic E-state index is 11.1. The predicted octanol–water partition coefficient (Wildman–Crippen LogP) is 1.96. The predicted molar refractivity (Wildman–Crippen MR) is 72.2 cm³/mol. The molecule has 1 atom stereocenters. The van der Waals surface area contributed by atoms with Crippen molar-refractivity contribution in [2.75, 3.05) is 12.0 Å². The van der Waals surface area contributed by atoms with E-state index in [0.29, 0.717) is 6.54 Å². The zero-order valence-electron chi connectivity index (χ0n) is 10.5. The Morgan fingerprint density at radius 3 is 2.72 bits per heavy atom. The van der Waals surface area contributed by atoms with Crippen LogP contribution in [-0.4, -0.2) is 26.5 Å². The molecule has 18 heavy (non-hydrogen) atoms. The van der Waals surface area contributed by atoms with E-state index in [-0.39, 0.29) is 11.8 Å². The van der Waals surface area contributed by atoms with Crippen LogP contribution in [-0.2, 0) is 16.4 Å². The van der Waals surface area contributed by atoms with Crippen LogP contribution in [0.25, 0.3) is 11.0 Å². The van der Waals surface area contributed by atoms with Crippen LogP contribution >= 0.6 is 0 Å². The third-order valence-corrected chi connectivity index (χ3v) is 3.76. The number of nitrogens with one attached hydrogen (secondary N) is 1. The van der Waals surface area contributed by atoms with Crippen molar-refractivity contribution in [1.29, 1.82) is 0 Å². The molecule has 0 spiro atoms.